The van der Waals surface area contributed by atoms with Crippen molar-refractivity contribution in [3.05, 3.63) is 0 Å². The summed E-state index contributed by atoms with van der Waals surface area (Å²) in [6.45, 7) is 3.35. The summed E-state index contributed by atoms with van der Waals surface area (Å²) in [4.78, 5) is 0. The molecule has 3 N–H and O–H groups in total. The predicted octanol–water partition coefficient (Wildman–Crippen LogP) is -0.0553. The molecule has 2 atom stereocenters. The van der Waals surface area contributed by atoms with Crippen LogP contribution in [0.5, 0.6) is 0 Å². The molecular weight excluding hydrogens is 112 g/mol. The minimum absolute atomic E-state index is 0.675. The standard InChI is InChI=1S/C7H14N2/c8-4-6-3-7(6)1-2-9-5-7/h6,9H,1-5,8H2. The summed E-state index contributed by atoms with van der Waals surface area (Å²) >= 11 is 0. The third-order valence-corrected chi connectivity index (χ3v) is 2.92. The maximum Gasteiger partial charge on any atom is 0.00115 e. The van der Waals surface area contributed by atoms with Gasteiger partial charge in [0.2, 0.25) is 0 Å². The first-order valence-electron chi connectivity index (χ1n) is 3.78. The minimum atomic E-state index is 0.675. The summed E-state index contributed by atoms with van der Waals surface area (Å²) < 4.78 is 0. The van der Waals surface area contributed by atoms with Gasteiger partial charge in [-0.2, -0.15) is 0 Å². The lowest BCUT2D eigenvalue weighted by Gasteiger charge is -2.03. The highest BCUT2D eigenvalue weighted by molar-refractivity contribution is 5.06. The molecule has 0 aromatic heterocycles. The van der Waals surface area contributed by atoms with Crippen molar-refractivity contribution < 1.29 is 0 Å². The van der Waals surface area contributed by atoms with E-state index >= 15 is 0 Å². The normalized spacial score (nSPS) is 48.3. The molecule has 0 amide bonds. The molecule has 2 fully saturated rings. The van der Waals surface area contributed by atoms with Crippen molar-refractivity contribution in [3.8, 4) is 0 Å². The molecule has 1 heterocycles. The fraction of sp³-hybridized carbons (Fsp3) is 1.00. The highest BCUT2D eigenvalue weighted by Crippen LogP contribution is 2.55. The Balaban J connectivity index is 1.97. The molecule has 1 aliphatic heterocycles. The number of nitrogens with two attached hydrogens (primary N) is 1. The molecule has 1 aliphatic carbocycles. The quantitative estimate of drug-likeness (QED) is 0.517. The molecule has 52 valence electrons. The number of rotatable bonds is 1. The van der Waals surface area contributed by atoms with Crippen LogP contribution in [-0.2, 0) is 0 Å². The smallest absolute Gasteiger partial charge is 0.00115 e. The SMILES string of the molecule is NCC1CC12CCNC2. The lowest BCUT2D eigenvalue weighted by Crippen LogP contribution is -2.14. The predicted molar refractivity (Wildman–Crippen MR) is 37.1 cm³/mol. The molecular formula is C7H14N2. The van der Waals surface area contributed by atoms with Crippen LogP contribution in [0.1, 0.15) is 12.8 Å². The molecule has 2 unspecified atom stereocenters. The zero-order valence-corrected chi connectivity index (χ0v) is 5.69. The van der Waals surface area contributed by atoms with Crippen molar-refractivity contribution >= 4 is 0 Å². The van der Waals surface area contributed by atoms with Crippen LogP contribution < -0.4 is 11.1 Å². The molecule has 0 aromatic rings. The Morgan fingerprint density at radius 3 is 3.00 bits per heavy atom. The Morgan fingerprint density at radius 1 is 1.67 bits per heavy atom. The van der Waals surface area contributed by atoms with E-state index in [4.69, 9.17) is 5.73 Å². The van der Waals surface area contributed by atoms with Crippen molar-refractivity contribution in [2.45, 2.75) is 12.8 Å². The van der Waals surface area contributed by atoms with E-state index in [9.17, 15) is 0 Å². The van der Waals surface area contributed by atoms with Gasteiger partial charge in [-0.15, -0.1) is 0 Å². The van der Waals surface area contributed by atoms with Crippen molar-refractivity contribution in [2.24, 2.45) is 17.1 Å². The van der Waals surface area contributed by atoms with E-state index in [1.807, 2.05) is 0 Å². The van der Waals surface area contributed by atoms with E-state index in [1.165, 1.54) is 25.9 Å². The summed E-state index contributed by atoms with van der Waals surface area (Å²) in [5.41, 5.74) is 6.24. The molecule has 2 nitrogen and oxygen atoms in total. The minimum Gasteiger partial charge on any atom is -0.330 e. The van der Waals surface area contributed by atoms with E-state index in [-0.39, 0.29) is 0 Å². The van der Waals surface area contributed by atoms with Crippen LogP contribution >= 0.6 is 0 Å². The molecule has 1 spiro atoms. The van der Waals surface area contributed by atoms with Gasteiger partial charge in [0.25, 0.3) is 0 Å². The van der Waals surface area contributed by atoms with E-state index < -0.39 is 0 Å². The van der Waals surface area contributed by atoms with Crippen LogP contribution in [0.15, 0.2) is 0 Å². The second-order valence-corrected chi connectivity index (χ2v) is 3.43. The summed E-state index contributed by atoms with van der Waals surface area (Å²) in [6.07, 6.45) is 2.76. The summed E-state index contributed by atoms with van der Waals surface area (Å²) in [5.74, 6) is 0.854. The van der Waals surface area contributed by atoms with Gasteiger partial charge in [0.15, 0.2) is 0 Å². The molecule has 2 heteroatoms. The first-order valence-corrected chi connectivity index (χ1v) is 3.78. The largest absolute Gasteiger partial charge is 0.330 e. The Hall–Kier alpha value is -0.0800. The topological polar surface area (TPSA) is 38.0 Å². The zero-order valence-electron chi connectivity index (χ0n) is 5.69. The van der Waals surface area contributed by atoms with E-state index in [0.717, 1.165) is 12.5 Å². The van der Waals surface area contributed by atoms with Crippen LogP contribution in [0.4, 0.5) is 0 Å². The highest BCUT2D eigenvalue weighted by Gasteiger charge is 2.53. The lowest BCUT2D eigenvalue weighted by atomic mass is 10.0. The third-order valence-electron chi connectivity index (χ3n) is 2.92. The van der Waals surface area contributed by atoms with Crippen molar-refractivity contribution in [2.75, 3.05) is 19.6 Å². The molecule has 1 saturated heterocycles. The van der Waals surface area contributed by atoms with Gasteiger partial charge in [-0.1, -0.05) is 0 Å². The molecule has 0 bridgehead atoms. The van der Waals surface area contributed by atoms with Crippen LogP contribution in [0, 0.1) is 11.3 Å². The maximum absolute atomic E-state index is 5.56. The summed E-state index contributed by atoms with van der Waals surface area (Å²) in [5, 5.41) is 3.38. The Morgan fingerprint density at radius 2 is 2.56 bits per heavy atom. The number of hydrogen-bond acceptors (Lipinski definition) is 2. The van der Waals surface area contributed by atoms with Crippen molar-refractivity contribution in [1.82, 2.24) is 5.32 Å². The average Bonchev–Trinajstić information content (AvgIpc) is 2.30. The molecule has 0 radical (unpaired) electrons. The van der Waals surface area contributed by atoms with Gasteiger partial charge in [-0.25, -0.2) is 0 Å². The van der Waals surface area contributed by atoms with Crippen LogP contribution in [0.3, 0.4) is 0 Å². The van der Waals surface area contributed by atoms with Gasteiger partial charge < -0.3 is 11.1 Å². The van der Waals surface area contributed by atoms with Gasteiger partial charge in [-0.3, -0.25) is 0 Å². The lowest BCUT2D eigenvalue weighted by molar-refractivity contribution is 0.506. The van der Waals surface area contributed by atoms with Gasteiger partial charge in [0.05, 0.1) is 0 Å². The van der Waals surface area contributed by atoms with Gasteiger partial charge in [-0.05, 0) is 37.3 Å². The van der Waals surface area contributed by atoms with Gasteiger partial charge >= 0.3 is 0 Å². The number of hydrogen-bond donors (Lipinski definition) is 2. The third kappa shape index (κ3) is 0.700. The summed E-state index contributed by atoms with van der Waals surface area (Å²) in [7, 11) is 0. The fourth-order valence-electron chi connectivity index (χ4n) is 2.05. The van der Waals surface area contributed by atoms with E-state index in [1.54, 1.807) is 0 Å². The summed E-state index contributed by atoms with van der Waals surface area (Å²) in [6, 6.07) is 0. The zero-order chi connectivity index (χ0) is 6.32. The van der Waals surface area contributed by atoms with Gasteiger partial charge in [0, 0.05) is 6.54 Å². The Labute approximate surface area is 55.8 Å². The molecule has 9 heavy (non-hydrogen) atoms. The Kier molecular flexibility index (Phi) is 1.08. The highest BCUT2D eigenvalue weighted by atomic mass is 15.0. The van der Waals surface area contributed by atoms with Crippen LogP contribution in [-0.4, -0.2) is 19.6 Å². The van der Waals surface area contributed by atoms with Crippen molar-refractivity contribution in [1.29, 1.82) is 0 Å². The first kappa shape index (κ1) is 5.69. The second kappa shape index (κ2) is 1.70. The molecule has 0 aromatic carbocycles. The first-order chi connectivity index (χ1) is 4.37. The molecule has 2 aliphatic rings. The number of nitrogens with one attached hydrogen (secondary N) is 1. The van der Waals surface area contributed by atoms with Crippen LogP contribution in [0.2, 0.25) is 0 Å². The van der Waals surface area contributed by atoms with E-state index in [0.29, 0.717) is 5.41 Å². The monoisotopic (exact) mass is 126 g/mol. The van der Waals surface area contributed by atoms with Crippen molar-refractivity contribution in [3.63, 3.8) is 0 Å². The van der Waals surface area contributed by atoms with E-state index in [2.05, 4.69) is 5.32 Å². The Bertz CT molecular complexity index is 116. The molecule has 2 rings (SSSR count). The van der Waals surface area contributed by atoms with Gasteiger partial charge in [0.1, 0.15) is 0 Å². The fourth-order valence-corrected chi connectivity index (χ4v) is 2.05. The maximum atomic E-state index is 5.56. The molecule has 1 saturated carbocycles. The van der Waals surface area contributed by atoms with Crippen LogP contribution in [0.25, 0.3) is 0 Å². The second-order valence-electron chi connectivity index (χ2n) is 3.43. The average molecular weight is 126 g/mol.